The molecule has 84 valence electrons. The number of hydrogen-bond donors (Lipinski definition) is 1. The van der Waals surface area contributed by atoms with Crippen LogP contribution in [-0.4, -0.2) is 16.1 Å². The molecule has 0 spiro atoms. The van der Waals surface area contributed by atoms with E-state index in [4.69, 9.17) is 10.4 Å². The van der Waals surface area contributed by atoms with Crippen LogP contribution < -0.4 is 0 Å². The van der Waals surface area contributed by atoms with Gasteiger partial charge in [0.05, 0.1) is 12.0 Å². The van der Waals surface area contributed by atoms with Crippen molar-refractivity contribution in [3.05, 3.63) is 26.6 Å². The van der Waals surface area contributed by atoms with Gasteiger partial charge < -0.3 is 5.11 Å². The zero-order valence-electron chi connectivity index (χ0n) is 7.75. The summed E-state index contributed by atoms with van der Waals surface area (Å²) < 4.78 is 25.6. The van der Waals surface area contributed by atoms with Crippen molar-refractivity contribution < 1.29 is 18.7 Å². The van der Waals surface area contributed by atoms with E-state index in [0.717, 1.165) is 6.20 Å². The highest BCUT2D eigenvalue weighted by Gasteiger charge is 2.22. The van der Waals surface area contributed by atoms with E-state index in [-0.39, 0.29) is 14.8 Å². The van der Waals surface area contributed by atoms with Gasteiger partial charge in [0.2, 0.25) is 0 Å². The fourth-order valence-electron chi connectivity index (χ4n) is 1.20. The molecule has 0 fully saturated rings. The van der Waals surface area contributed by atoms with Crippen molar-refractivity contribution >= 4 is 28.6 Å². The first-order chi connectivity index (χ1) is 7.47. The normalized spacial score (nSPS) is 10.2. The summed E-state index contributed by atoms with van der Waals surface area (Å²) in [4.78, 5) is 14.2. The predicted octanol–water partition coefficient (Wildman–Crippen LogP) is 2.12. The Bertz CT molecular complexity index is 471. The Balaban J connectivity index is 3.40. The van der Waals surface area contributed by atoms with E-state index in [1.807, 2.05) is 0 Å². The van der Waals surface area contributed by atoms with Gasteiger partial charge in [-0.1, -0.05) is 0 Å². The monoisotopic (exact) mass is 338 g/mol. The lowest BCUT2D eigenvalue weighted by Gasteiger charge is -2.09. The molecule has 0 aromatic carbocycles. The molecule has 0 aliphatic carbocycles. The Morgan fingerprint density at radius 3 is 2.75 bits per heavy atom. The van der Waals surface area contributed by atoms with Crippen LogP contribution in [0.25, 0.3) is 0 Å². The molecule has 0 amide bonds. The molecule has 16 heavy (non-hydrogen) atoms. The summed E-state index contributed by atoms with van der Waals surface area (Å²) in [5.74, 6) is -1.24. The van der Waals surface area contributed by atoms with Crippen LogP contribution in [0.1, 0.15) is 23.1 Å². The van der Waals surface area contributed by atoms with E-state index in [9.17, 15) is 13.6 Å². The molecule has 0 bridgehead atoms. The lowest BCUT2D eigenvalue weighted by molar-refractivity contribution is -0.136. The molecule has 1 heterocycles. The summed E-state index contributed by atoms with van der Waals surface area (Å²) in [7, 11) is 0. The fourth-order valence-corrected chi connectivity index (χ4v) is 1.75. The number of alkyl halides is 2. The Labute approximate surface area is 103 Å². The maximum atomic E-state index is 12.7. The molecule has 0 atom stereocenters. The van der Waals surface area contributed by atoms with Crippen LogP contribution in [0.15, 0.2) is 6.20 Å². The highest BCUT2D eigenvalue weighted by molar-refractivity contribution is 14.1. The number of halogens is 3. The Hall–Kier alpha value is -1.30. The van der Waals surface area contributed by atoms with Crippen LogP contribution >= 0.6 is 22.6 Å². The second-order valence-electron chi connectivity index (χ2n) is 2.85. The van der Waals surface area contributed by atoms with Gasteiger partial charge in [-0.25, -0.2) is 13.8 Å². The van der Waals surface area contributed by atoms with Gasteiger partial charge >= 0.3 is 5.97 Å². The van der Waals surface area contributed by atoms with Gasteiger partial charge in [0.25, 0.3) is 6.43 Å². The summed E-state index contributed by atoms with van der Waals surface area (Å²) in [6.45, 7) is 0. The topological polar surface area (TPSA) is 74.0 Å². The number of hydrogen-bond acceptors (Lipinski definition) is 3. The third-order valence-corrected chi connectivity index (χ3v) is 2.64. The van der Waals surface area contributed by atoms with Crippen LogP contribution in [0.3, 0.4) is 0 Å². The van der Waals surface area contributed by atoms with E-state index in [2.05, 4.69) is 4.98 Å². The van der Waals surface area contributed by atoms with Gasteiger partial charge in [0.1, 0.15) is 9.77 Å². The number of carbonyl (C=O) groups is 1. The third kappa shape index (κ3) is 2.63. The van der Waals surface area contributed by atoms with Crippen LogP contribution in [0, 0.1) is 15.0 Å². The molecule has 1 aromatic rings. The van der Waals surface area contributed by atoms with Crippen LogP contribution in [0.5, 0.6) is 0 Å². The standard InChI is InChI=1S/C9H5F2IN2O2/c10-8(11)7-4(1-6(15)16)3-14-9(12)5(7)2-13/h3,8H,1H2,(H,15,16). The minimum absolute atomic E-state index is 0.125. The first-order valence-electron chi connectivity index (χ1n) is 4.04. The lowest BCUT2D eigenvalue weighted by atomic mass is 10.0. The molecule has 0 saturated carbocycles. The molecule has 0 aliphatic rings. The first-order valence-corrected chi connectivity index (χ1v) is 5.12. The number of aromatic nitrogens is 1. The number of nitriles is 1. The van der Waals surface area contributed by atoms with E-state index >= 15 is 0 Å². The number of carboxylic acid groups (broad SMARTS) is 1. The van der Waals surface area contributed by atoms with E-state index < -0.39 is 24.4 Å². The highest BCUT2D eigenvalue weighted by Crippen LogP contribution is 2.28. The Morgan fingerprint density at radius 1 is 1.69 bits per heavy atom. The summed E-state index contributed by atoms with van der Waals surface area (Å²) in [5.41, 5.74) is -0.918. The lowest BCUT2D eigenvalue weighted by Crippen LogP contribution is -2.08. The van der Waals surface area contributed by atoms with Crippen molar-refractivity contribution in [1.82, 2.24) is 4.98 Å². The number of aliphatic carboxylic acids is 1. The Morgan fingerprint density at radius 2 is 2.31 bits per heavy atom. The number of carboxylic acids is 1. The zero-order chi connectivity index (χ0) is 12.3. The van der Waals surface area contributed by atoms with E-state index in [1.54, 1.807) is 28.7 Å². The van der Waals surface area contributed by atoms with Crippen molar-refractivity contribution in [3.63, 3.8) is 0 Å². The van der Waals surface area contributed by atoms with Gasteiger partial charge in [0.15, 0.2) is 0 Å². The maximum absolute atomic E-state index is 12.7. The third-order valence-electron chi connectivity index (χ3n) is 1.83. The highest BCUT2D eigenvalue weighted by atomic mass is 127. The van der Waals surface area contributed by atoms with Crippen LogP contribution in [-0.2, 0) is 11.2 Å². The molecular weight excluding hydrogens is 333 g/mol. The largest absolute Gasteiger partial charge is 0.481 e. The smallest absolute Gasteiger partial charge is 0.307 e. The molecule has 1 N–H and O–H groups in total. The van der Waals surface area contributed by atoms with Crippen LogP contribution in [0.2, 0.25) is 0 Å². The Kier molecular flexibility index (Phi) is 4.12. The number of nitrogens with zero attached hydrogens (tertiary/aromatic N) is 2. The summed E-state index contributed by atoms with van der Waals surface area (Å²) in [6.07, 6.45) is -2.39. The molecule has 0 unspecified atom stereocenters. The zero-order valence-corrected chi connectivity index (χ0v) is 9.90. The van der Waals surface area contributed by atoms with Gasteiger partial charge in [0, 0.05) is 11.8 Å². The average Bonchev–Trinajstić information content (AvgIpc) is 2.18. The molecule has 7 heteroatoms. The second kappa shape index (κ2) is 5.16. The van der Waals surface area contributed by atoms with E-state index in [0.29, 0.717) is 0 Å². The fraction of sp³-hybridized carbons (Fsp3) is 0.222. The quantitative estimate of drug-likeness (QED) is 0.677. The van der Waals surface area contributed by atoms with Gasteiger partial charge in [-0.15, -0.1) is 0 Å². The number of pyridine rings is 1. The average molecular weight is 338 g/mol. The van der Waals surface area contributed by atoms with Crippen molar-refractivity contribution in [1.29, 1.82) is 5.26 Å². The summed E-state index contributed by atoms with van der Waals surface area (Å²) in [6, 6.07) is 1.62. The molecule has 4 nitrogen and oxygen atoms in total. The number of rotatable bonds is 3. The minimum atomic E-state index is -2.89. The molecule has 1 rings (SSSR count). The summed E-state index contributed by atoms with van der Waals surface area (Å²) in [5, 5.41) is 17.3. The van der Waals surface area contributed by atoms with Gasteiger partial charge in [-0.05, 0) is 28.2 Å². The maximum Gasteiger partial charge on any atom is 0.307 e. The predicted molar refractivity (Wildman–Crippen MR) is 58.0 cm³/mol. The van der Waals surface area contributed by atoms with Crippen LogP contribution in [0.4, 0.5) is 8.78 Å². The molecular formula is C9H5F2IN2O2. The summed E-state index contributed by atoms with van der Waals surface area (Å²) >= 11 is 1.66. The molecule has 0 saturated heterocycles. The van der Waals surface area contributed by atoms with Crippen molar-refractivity contribution in [2.45, 2.75) is 12.8 Å². The molecule has 0 aliphatic heterocycles. The van der Waals surface area contributed by atoms with Crippen molar-refractivity contribution in [3.8, 4) is 6.07 Å². The van der Waals surface area contributed by atoms with Crippen molar-refractivity contribution in [2.75, 3.05) is 0 Å². The van der Waals surface area contributed by atoms with Gasteiger partial charge in [-0.2, -0.15) is 5.26 Å². The molecule has 0 radical (unpaired) electrons. The minimum Gasteiger partial charge on any atom is -0.481 e. The second-order valence-corrected chi connectivity index (χ2v) is 3.87. The van der Waals surface area contributed by atoms with Crippen molar-refractivity contribution in [2.24, 2.45) is 0 Å². The van der Waals surface area contributed by atoms with Gasteiger partial charge in [-0.3, -0.25) is 4.79 Å². The molecule has 1 aromatic heterocycles. The van der Waals surface area contributed by atoms with E-state index in [1.165, 1.54) is 0 Å². The first kappa shape index (κ1) is 12.8. The SMILES string of the molecule is N#Cc1c(I)ncc(CC(=O)O)c1C(F)F.